The largest absolute Gasteiger partial charge is 0.388 e. The molecule has 0 bridgehead atoms. The predicted octanol–water partition coefficient (Wildman–Crippen LogP) is 1.04. The maximum Gasteiger partial charge on any atom is 0.221 e. The molecular weight excluding hydrogens is 248 g/mol. The fraction of sp³-hybridized carbons (Fsp3) is 0.417. The van der Waals surface area contributed by atoms with Crippen LogP contribution in [0.25, 0.3) is 0 Å². The first-order chi connectivity index (χ1) is 8.65. The van der Waals surface area contributed by atoms with Crippen LogP contribution in [0, 0.1) is 0 Å². The lowest BCUT2D eigenvalue weighted by molar-refractivity contribution is -0.120. The first-order valence-corrected chi connectivity index (χ1v) is 6.31. The van der Waals surface area contributed by atoms with Gasteiger partial charge in [-0.25, -0.2) is 0 Å². The average molecular weight is 266 g/mol. The molecule has 1 amide bonds. The van der Waals surface area contributed by atoms with Crippen LogP contribution in [0.2, 0.25) is 0 Å². The second-order valence-electron chi connectivity index (χ2n) is 3.79. The summed E-state index contributed by atoms with van der Waals surface area (Å²) in [5.74, 6) is 0.0325. The van der Waals surface area contributed by atoms with E-state index in [4.69, 9.17) is 18.0 Å². The summed E-state index contributed by atoms with van der Waals surface area (Å²) in [5, 5.41) is 5.92. The number of thiocarbonyl (C=S) groups is 1. The van der Waals surface area contributed by atoms with Gasteiger partial charge in [-0.3, -0.25) is 9.78 Å². The minimum atomic E-state index is 0.0325. The number of amides is 1. The predicted molar refractivity (Wildman–Crippen MR) is 76.5 cm³/mol. The van der Waals surface area contributed by atoms with Crippen LogP contribution >= 0.6 is 12.2 Å². The van der Waals surface area contributed by atoms with Crippen LogP contribution in [-0.4, -0.2) is 29.0 Å². The topological polar surface area (TPSA) is 80.0 Å². The van der Waals surface area contributed by atoms with Crippen molar-refractivity contribution in [3.8, 4) is 0 Å². The average Bonchev–Trinajstić information content (AvgIpc) is 2.36. The molecule has 0 aliphatic carbocycles. The summed E-state index contributed by atoms with van der Waals surface area (Å²) in [6.45, 7) is 3.25. The number of aromatic nitrogens is 1. The van der Waals surface area contributed by atoms with E-state index >= 15 is 0 Å². The van der Waals surface area contributed by atoms with Gasteiger partial charge in [0.1, 0.15) is 10.7 Å². The van der Waals surface area contributed by atoms with Crippen molar-refractivity contribution in [3.63, 3.8) is 0 Å². The summed E-state index contributed by atoms with van der Waals surface area (Å²) in [6.07, 6.45) is 2.98. The zero-order valence-corrected chi connectivity index (χ0v) is 11.2. The van der Waals surface area contributed by atoms with Gasteiger partial charge in [-0.05, 0) is 18.6 Å². The molecule has 6 heteroatoms. The number of nitrogens with one attached hydrogen (secondary N) is 2. The molecule has 0 saturated heterocycles. The van der Waals surface area contributed by atoms with Crippen LogP contribution in [0.3, 0.4) is 0 Å². The lowest BCUT2D eigenvalue weighted by atomic mass is 10.2. The maximum absolute atomic E-state index is 11.4. The number of anilines is 1. The molecule has 1 heterocycles. The summed E-state index contributed by atoms with van der Waals surface area (Å²) in [5.41, 5.74) is 6.88. The number of carbonyl (C=O) groups is 1. The van der Waals surface area contributed by atoms with Gasteiger partial charge in [-0.2, -0.15) is 0 Å². The van der Waals surface area contributed by atoms with Crippen molar-refractivity contribution < 1.29 is 4.79 Å². The molecular formula is C12H18N4OS. The Labute approximate surface area is 112 Å². The molecule has 0 spiro atoms. The quantitative estimate of drug-likeness (QED) is 0.643. The van der Waals surface area contributed by atoms with Crippen LogP contribution in [0.4, 0.5) is 5.69 Å². The van der Waals surface area contributed by atoms with Crippen molar-refractivity contribution in [2.24, 2.45) is 5.73 Å². The molecule has 0 unspecified atom stereocenters. The number of nitrogens with two attached hydrogens (primary N) is 1. The van der Waals surface area contributed by atoms with E-state index in [2.05, 4.69) is 15.6 Å². The van der Waals surface area contributed by atoms with Gasteiger partial charge in [0.05, 0.1) is 5.69 Å². The first kappa shape index (κ1) is 14.4. The normalized spacial score (nSPS) is 9.83. The number of hydrogen-bond acceptors (Lipinski definition) is 4. The van der Waals surface area contributed by atoms with Gasteiger partial charge < -0.3 is 16.4 Å². The molecule has 0 saturated carbocycles. The third-order valence-corrected chi connectivity index (χ3v) is 2.47. The van der Waals surface area contributed by atoms with E-state index in [-0.39, 0.29) is 10.9 Å². The fourth-order valence-corrected chi connectivity index (χ4v) is 1.57. The van der Waals surface area contributed by atoms with Crippen molar-refractivity contribution in [2.75, 3.05) is 18.4 Å². The van der Waals surface area contributed by atoms with Crippen molar-refractivity contribution >= 4 is 28.8 Å². The molecule has 0 aliphatic heterocycles. The van der Waals surface area contributed by atoms with Crippen molar-refractivity contribution in [1.29, 1.82) is 0 Å². The van der Waals surface area contributed by atoms with Crippen LogP contribution in [-0.2, 0) is 4.79 Å². The zero-order chi connectivity index (χ0) is 13.4. The third-order valence-electron chi connectivity index (χ3n) is 2.28. The second kappa shape index (κ2) is 7.60. The molecule has 4 N–H and O–H groups in total. The van der Waals surface area contributed by atoms with Crippen LogP contribution in [0.15, 0.2) is 18.3 Å². The van der Waals surface area contributed by atoms with Crippen LogP contribution < -0.4 is 16.4 Å². The Morgan fingerprint density at radius 2 is 2.28 bits per heavy atom. The van der Waals surface area contributed by atoms with Gasteiger partial charge in [-0.15, -0.1) is 0 Å². The van der Waals surface area contributed by atoms with Gasteiger partial charge >= 0.3 is 0 Å². The van der Waals surface area contributed by atoms with E-state index in [9.17, 15) is 4.79 Å². The third kappa shape index (κ3) is 4.67. The SMILES string of the molecule is CCCNC(=O)CCNc1cccnc1C(N)=S. The Balaban J connectivity index is 2.44. The number of pyridine rings is 1. The highest BCUT2D eigenvalue weighted by Crippen LogP contribution is 2.11. The highest BCUT2D eigenvalue weighted by atomic mass is 32.1. The van der Waals surface area contributed by atoms with Gasteiger partial charge in [0.15, 0.2) is 0 Å². The number of rotatable bonds is 7. The van der Waals surface area contributed by atoms with E-state index in [0.29, 0.717) is 25.2 Å². The highest BCUT2D eigenvalue weighted by molar-refractivity contribution is 7.80. The minimum absolute atomic E-state index is 0.0325. The molecule has 1 aromatic rings. The Morgan fingerprint density at radius 1 is 1.50 bits per heavy atom. The Kier molecular flexibility index (Phi) is 6.07. The zero-order valence-electron chi connectivity index (χ0n) is 10.4. The maximum atomic E-state index is 11.4. The van der Waals surface area contributed by atoms with Crippen LogP contribution in [0.5, 0.6) is 0 Å². The van der Waals surface area contributed by atoms with E-state index in [0.717, 1.165) is 12.1 Å². The lowest BCUT2D eigenvalue weighted by Gasteiger charge is -2.09. The summed E-state index contributed by atoms with van der Waals surface area (Å²) >= 11 is 4.90. The van der Waals surface area contributed by atoms with Gasteiger partial charge in [-0.1, -0.05) is 19.1 Å². The smallest absolute Gasteiger partial charge is 0.221 e. The molecule has 5 nitrogen and oxygen atoms in total. The summed E-state index contributed by atoms with van der Waals surface area (Å²) in [7, 11) is 0. The number of nitrogens with zero attached hydrogens (tertiary/aromatic N) is 1. The molecule has 0 aromatic carbocycles. The summed E-state index contributed by atoms with van der Waals surface area (Å²) < 4.78 is 0. The van der Waals surface area contributed by atoms with E-state index in [1.807, 2.05) is 13.0 Å². The van der Waals surface area contributed by atoms with Crippen molar-refractivity contribution in [3.05, 3.63) is 24.0 Å². The standard InChI is InChI=1S/C12H18N4OS/c1-2-6-15-10(17)5-8-14-9-4-3-7-16-11(9)12(13)18/h3-4,7,14H,2,5-6,8H2,1H3,(H2,13,18)(H,15,17). The van der Waals surface area contributed by atoms with Gasteiger partial charge in [0, 0.05) is 25.7 Å². The van der Waals surface area contributed by atoms with Crippen molar-refractivity contribution in [2.45, 2.75) is 19.8 Å². The molecule has 0 aliphatic rings. The first-order valence-electron chi connectivity index (χ1n) is 5.90. The molecule has 1 rings (SSSR count). The molecule has 18 heavy (non-hydrogen) atoms. The van der Waals surface area contributed by atoms with Crippen LogP contribution in [0.1, 0.15) is 25.5 Å². The Bertz CT molecular complexity index is 422. The number of hydrogen-bond donors (Lipinski definition) is 3. The van der Waals surface area contributed by atoms with E-state index < -0.39 is 0 Å². The Hall–Kier alpha value is -1.69. The summed E-state index contributed by atoms with van der Waals surface area (Å²) in [6, 6.07) is 3.63. The van der Waals surface area contributed by atoms with Crippen molar-refractivity contribution in [1.82, 2.24) is 10.3 Å². The lowest BCUT2D eigenvalue weighted by Crippen LogP contribution is -2.26. The molecule has 0 radical (unpaired) electrons. The fourth-order valence-electron chi connectivity index (χ4n) is 1.41. The molecule has 0 fully saturated rings. The second-order valence-corrected chi connectivity index (χ2v) is 4.23. The summed E-state index contributed by atoms with van der Waals surface area (Å²) in [4.78, 5) is 15.7. The minimum Gasteiger partial charge on any atom is -0.388 e. The molecule has 0 atom stereocenters. The monoisotopic (exact) mass is 266 g/mol. The van der Waals surface area contributed by atoms with E-state index in [1.165, 1.54) is 0 Å². The van der Waals surface area contributed by atoms with E-state index in [1.54, 1.807) is 12.3 Å². The highest BCUT2D eigenvalue weighted by Gasteiger charge is 2.06. The Morgan fingerprint density at radius 3 is 2.94 bits per heavy atom. The molecule has 98 valence electrons. The van der Waals surface area contributed by atoms with Gasteiger partial charge in [0.25, 0.3) is 0 Å². The van der Waals surface area contributed by atoms with Gasteiger partial charge in [0.2, 0.25) is 5.91 Å². The number of carbonyl (C=O) groups excluding carboxylic acids is 1. The molecule has 1 aromatic heterocycles.